The van der Waals surface area contributed by atoms with E-state index in [0.29, 0.717) is 18.6 Å². The van der Waals surface area contributed by atoms with Crippen LogP contribution in [0.25, 0.3) is 5.65 Å². The second kappa shape index (κ2) is 7.91. The van der Waals surface area contributed by atoms with Crippen molar-refractivity contribution in [1.82, 2.24) is 29.0 Å². The third-order valence-corrected chi connectivity index (χ3v) is 4.45. The summed E-state index contributed by atoms with van der Waals surface area (Å²) >= 11 is 0. The number of pyridine rings is 1. The maximum Gasteiger partial charge on any atom is 0.350 e. The molecule has 0 spiro atoms. The first kappa shape index (κ1) is 17.7. The van der Waals surface area contributed by atoms with Gasteiger partial charge in [-0.3, -0.25) is 9.20 Å². The number of fused-ring (bicyclic) bond motifs is 1. The molecule has 0 radical (unpaired) electrons. The minimum absolute atomic E-state index is 0.112. The van der Waals surface area contributed by atoms with E-state index in [1.54, 1.807) is 30.6 Å². The largest absolute Gasteiger partial charge is 0.354 e. The first-order chi connectivity index (χ1) is 13.7. The van der Waals surface area contributed by atoms with Crippen molar-refractivity contribution in [2.75, 3.05) is 6.54 Å². The fraction of sp³-hybridized carbons (Fsp3) is 0.200. The standard InChI is InChI=1S/C20H20N6O2/c27-19(15-26-20(28)25-12-5-4-8-18(25)23-26)22-10-9-17-21-11-13-24(17)14-16-6-2-1-3-7-16/h1-8,11-13H,9-10,14-15H2,(H,22,27). The highest BCUT2D eigenvalue weighted by Gasteiger charge is 2.10. The number of imidazole rings is 1. The first-order valence-corrected chi connectivity index (χ1v) is 9.05. The van der Waals surface area contributed by atoms with Crippen LogP contribution in [0.5, 0.6) is 0 Å². The smallest absolute Gasteiger partial charge is 0.350 e. The lowest BCUT2D eigenvalue weighted by atomic mass is 10.2. The molecule has 3 heterocycles. The number of benzene rings is 1. The molecule has 28 heavy (non-hydrogen) atoms. The summed E-state index contributed by atoms with van der Waals surface area (Å²) in [6.07, 6.45) is 5.92. The number of hydrogen-bond acceptors (Lipinski definition) is 4. The Morgan fingerprint density at radius 1 is 1.04 bits per heavy atom. The van der Waals surface area contributed by atoms with Gasteiger partial charge in [-0.2, -0.15) is 0 Å². The molecule has 1 N–H and O–H groups in total. The minimum atomic E-state index is -0.329. The molecule has 0 unspecified atom stereocenters. The molecule has 0 saturated heterocycles. The van der Waals surface area contributed by atoms with Gasteiger partial charge in [0.25, 0.3) is 0 Å². The summed E-state index contributed by atoms with van der Waals surface area (Å²) in [5.74, 6) is 0.640. The van der Waals surface area contributed by atoms with Crippen LogP contribution < -0.4 is 11.0 Å². The van der Waals surface area contributed by atoms with Gasteiger partial charge in [0.1, 0.15) is 12.4 Å². The predicted octanol–water partition coefficient (Wildman–Crippen LogP) is 1.10. The Bertz CT molecular complexity index is 1140. The van der Waals surface area contributed by atoms with Crippen LogP contribution in [0.2, 0.25) is 0 Å². The third-order valence-electron chi connectivity index (χ3n) is 4.45. The van der Waals surface area contributed by atoms with Crippen molar-refractivity contribution in [3.63, 3.8) is 0 Å². The van der Waals surface area contributed by atoms with Crippen molar-refractivity contribution in [1.29, 1.82) is 0 Å². The van der Waals surface area contributed by atoms with Crippen LogP contribution in [-0.2, 0) is 24.3 Å². The molecular weight excluding hydrogens is 356 g/mol. The fourth-order valence-electron chi connectivity index (χ4n) is 3.07. The van der Waals surface area contributed by atoms with Gasteiger partial charge in [-0.1, -0.05) is 36.4 Å². The van der Waals surface area contributed by atoms with Crippen molar-refractivity contribution in [3.8, 4) is 0 Å². The number of nitrogens with zero attached hydrogens (tertiary/aromatic N) is 5. The van der Waals surface area contributed by atoms with Gasteiger partial charge < -0.3 is 9.88 Å². The number of rotatable bonds is 7. The van der Waals surface area contributed by atoms with Gasteiger partial charge in [0.15, 0.2) is 5.65 Å². The van der Waals surface area contributed by atoms with Gasteiger partial charge >= 0.3 is 5.69 Å². The fourth-order valence-corrected chi connectivity index (χ4v) is 3.07. The molecule has 0 atom stereocenters. The summed E-state index contributed by atoms with van der Waals surface area (Å²) in [6.45, 7) is 1.06. The Balaban J connectivity index is 1.33. The van der Waals surface area contributed by atoms with Gasteiger partial charge in [-0.25, -0.2) is 14.5 Å². The Morgan fingerprint density at radius 3 is 2.68 bits per heavy atom. The zero-order valence-electron chi connectivity index (χ0n) is 15.2. The van der Waals surface area contributed by atoms with E-state index < -0.39 is 0 Å². The van der Waals surface area contributed by atoms with E-state index in [-0.39, 0.29) is 18.1 Å². The molecular formula is C20H20N6O2. The molecule has 0 fully saturated rings. The molecule has 1 amide bonds. The van der Waals surface area contributed by atoms with E-state index in [9.17, 15) is 9.59 Å². The van der Waals surface area contributed by atoms with Gasteiger partial charge in [0.2, 0.25) is 5.91 Å². The summed E-state index contributed by atoms with van der Waals surface area (Å²) in [5.41, 5.74) is 1.38. The van der Waals surface area contributed by atoms with Gasteiger partial charge in [0, 0.05) is 38.1 Å². The average Bonchev–Trinajstić information content (AvgIpc) is 3.27. The number of amides is 1. The molecule has 0 aliphatic rings. The molecule has 0 saturated carbocycles. The number of aromatic nitrogens is 5. The van der Waals surface area contributed by atoms with Crippen LogP contribution in [-0.4, -0.2) is 36.2 Å². The third kappa shape index (κ3) is 3.85. The van der Waals surface area contributed by atoms with Crippen molar-refractivity contribution >= 4 is 11.6 Å². The molecule has 8 heteroatoms. The SMILES string of the molecule is O=C(Cn1nc2ccccn2c1=O)NCCc1nccn1Cc1ccccc1. The zero-order chi connectivity index (χ0) is 19.3. The second-order valence-corrected chi connectivity index (χ2v) is 6.43. The topological polar surface area (TPSA) is 86.2 Å². The highest BCUT2D eigenvalue weighted by molar-refractivity contribution is 5.75. The van der Waals surface area contributed by atoms with Crippen molar-refractivity contribution < 1.29 is 4.79 Å². The average molecular weight is 376 g/mol. The maximum absolute atomic E-state index is 12.2. The predicted molar refractivity (Wildman–Crippen MR) is 104 cm³/mol. The lowest BCUT2D eigenvalue weighted by molar-refractivity contribution is -0.121. The molecule has 0 aliphatic heterocycles. The van der Waals surface area contributed by atoms with E-state index in [1.165, 1.54) is 14.6 Å². The summed E-state index contributed by atoms with van der Waals surface area (Å²) in [6, 6.07) is 15.4. The van der Waals surface area contributed by atoms with Crippen LogP contribution in [0.3, 0.4) is 0 Å². The van der Waals surface area contributed by atoms with Gasteiger partial charge in [-0.15, -0.1) is 5.10 Å². The van der Waals surface area contributed by atoms with Crippen LogP contribution in [0.15, 0.2) is 71.9 Å². The zero-order valence-corrected chi connectivity index (χ0v) is 15.2. The molecule has 1 aromatic carbocycles. The summed E-state index contributed by atoms with van der Waals surface area (Å²) in [5, 5.41) is 6.99. The van der Waals surface area contributed by atoms with E-state index in [4.69, 9.17) is 0 Å². The number of carbonyl (C=O) groups excluding carboxylic acids is 1. The van der Waals surface area contributed by atoms with Gasteiger partial charge in [-0.05, 0) is 17.7 Å². The first-order valence-electron chi connectivity index (χ1n) is 9.05. The minimum Gasteiger partial charge on any atom is -0.354 e. The van der Waals surface area contributed by atoms with Crippen LogP contribution in [0.1, 0.15) is 11.4 Å². The second-order valence-electron chi connectivity index (χ2n) is 6.43. The molecule has 4 aromatic rings. The maximum atomic E-state index is 12.2. The van der Waals surface area contributed by atoms with Crippen molar-refractivity contribution in [2.24, 2.45) is 0 Å². The quantitative estimate of drug-likeness (QED) is 0.523. The summed E-state index contributed by atoms with van der Waals surface area (Å²) in [4.78, 5) is 28.8. The van der Waals surface area contributed by atoms with Gasteiger partial charge in [0.05, 0.1) is 0 Å². The van der Waals surface area contributed by atoms with Crippen LogP contribution in [0.4, 0.5) is 0 Å². The normalized spacial score (nSPS) is 11.0. The summed E-state index contributed by atoms with van der Waals surface area (Å²) in [7, 11) is 0. The Morgan fingerprint density at radius 2 is 1.86 bits per heavy atom. The number of carbonyl (C=O) groups is 1. The molecule has 0 aliphatic carbocycles. The van der Waals surface area contributed by atoms with Crippen molar-refractivity contribution in [2.45, 2.75) is 19.5 Å². The Kier molecular flexibility index (Phi) is 5.01. The van der Waals surface area contributed by atoms with Crippen molar-refractivity contribution in [3.05, 3.63) is 89.0 Å². The number of nitrogens with one attached hydrogen (secondary N) is 1. The molecule has 4 rings (SSSR count). The van der Waals surface area contributed by atoms with Crippen LogP contribution in [0, 0.1) is 0 Å². The molecule has 3 aromatic heterocycles. The van der Waals surface area contributed by atoms with Crippen LogP contribution >= 0.6 is 0 Å². The molecule has 142 valence electrons. The number of hydrogen-bond donors (Lipinski definition) is 1. The highest BCUT2D eigenvalue weighted by Crippen LogP contribution is 2.05. The Labute approximate surface area is 161 Å². The lowest BCUT2D eigenvalue weighted by Gasteiger charge is -2.09. The van der Waals surface area contributed by atoms with E-state index >= 15 is 0 Å². The lowest BCUT2D eigenvalue weighted by Crippen LogP contribution is -2.34. The van der Waals surface area contributed by atoms with E-state index in [1.807, 2.05) is 24.4 Å². The monoisotopic (exact) mass is 376 g/mol. The van der Waals surface area contributed by atoms with E-state index in [0.717, 1.165) is 12.4 Å². The Hall–Kier alpha value is -3.68. The molecule has 8 nitrogen and oxygen atoms in total. The summed E-state index contributed by atoms with van der Waals surface area (Å²) < 4.78 is 4.64. The highest BCUT2D eigenvalue weighted by atomic mass is 16.2. The van der Waals surface area contributed by atoms with E-state index in [2.05, 4.69) is 32.1 Å². The molecule has 0 bridgehead atoms.